The van der Waals surface area contributed by atoms with Crippen LogP contribution in [0.2, 0.25) is 0 Å². The fourth-order valence-corrected chi connectivity index (χ4v) is 6.00. The number of amides is 3. The van der Waals surface area contributed by atoms with E-state index in [-0.39, 0.29) is 30.2 Å². The first-order chi connectivity index (χ1) is 18.0. The van der Waals surface area contributed by atoms with E-state index in [4.69, 9.17) is 0 Å². The van der Waals surface area contributed by atoms with Crippen LogP contribution in [0, 0.1) is 23.7 Å². The van der Waals surface area contributed by atoms with E-state index in [0.29, 0.717) is 13.0 Å². The Hall–Kier alpha value is -3.45. The minimum atomic E-state index is -0.812. The van der Waals surface area contributed by atoms with Crippen LogP contribution in [0.25, 0.3) is 0 Å². The van der Waals surface area contributed by atoms with Gasteiger partial charge >= 0.3 is 0 Å². The molecule has 0 radical (unpaired) electrons. The standard InChI is InChI=1S/C30H37N3O4/c1-3-10-22-15-16-24-26(25(22)28(35)31-2)30(37)33(23(19-34)17-20-11-6-4-7-12-20)27(24)29(36)32-18-21-13-8-5-9-14-21/h4-9,11-16,22-27,34H,3,10,17-19H2,1-2H3,(H,31,35)(H,32,36)/t22-,23-,24+,25-,26+,27+/m1/s1. The zero-order valence-electron chi connectivity index (χ0n) is 21.5. The van der Waals surface area contributed by atoms with Crippen LogP contribution in [0.15, 0.2) is 72.8 Å². The summed E-state index contributed by atoms with van der Waals surface area (Å²) >= 11 is 0. The molecule has 0 bridgehead atoms. The van der Waals surface area contributed by atoms with Gasteiger partial charge in [0.2, 0.25) is 17.7 Å². The fraction of sp³-hybridized carbons (Fsp3) is 0.433. The molecule has 1 aliphatic heterocycles. The molecule has 37 heavy (non-hydrogen) atoms. The lowest BCUT2D eigenvalue weighted by Crippen LogP contribution is -2.52. The number of carbonyl (C=O) groups is 3. The number of aliphatic hydroxyl groups is 1. The lowest BCUT2D eigenvalue weighted by Gasteiger charge is -2.34. The summed E-state index contributed by atoms with van der Waals surface area (Å²) in [6, 6.07) is 17.9. The molecule has 7 nitrogen and oxygen atoms in total. The van der Waals surface area contributed by atoms with Crippen molar-refractivity contribution in [3.05, 3.63) is 83.9 Å². The summed E-state index contributed by atoms with van der Waals surface area (Å²) < 4.78 is 0. The molecule has 1 aliphatic carbocycles. The number of carbonyl (C=O) groups excluding carboxylic acids is 3. The molecule has 4 rings (SSSR count). The van der Waals surface area contributed by atoms with Crippen LogP contribution in [-0.2, 0) is 27.3 Å². The van der Waals surface area contributed by atoms with Crippen LogP contribution in [0.5, 0.6) is 0 Å². The number of fused-ring (bicyclic) bond motifs is 1. The Morgan fingerprint density at radius 3 is 2.22 bits per heavy atom. The number of rotatable bonds is 10. The number of nitrogens with zero attached hydrogens (tertiary/aromatic N) is 1. The molecule has 2 aromatic rings. The van der Waals surface area contributed by atoms with Crippen molar-refractivity contribution in [2.75, 3.05) is 13.7 Å². The third kappa shape index (κ3) is 5.62. The second-order valence-electron chi connectivity index (χ2n) is 10.0. The third-order valence-electron chi connectivity index (χ3n) is 7.71. The summed E-state index contributed by atoms with van der Waals surface area (Å²) in [7, 11) is 1.59. The van der Waals surface area contributed by atoms with E-state index in [1.807, 2.05) is 72.8 Å². The van der Waals surface area contributed by atoms with Crippen LogP contribution < -0.4 is 10.6 Å². The Balaban J connectivity index is 1.70. The predicted octanol–water partition coefficient (Wildman–Crippen LogP) is 2.70. The van der Waals surface area contributed by atoms with Gasteiger partial charge in [-0.2, -0.15) is 0 Å². The highest BCUT2D eigenvalue weighted by Gasteiger charge is 2.58. The molecule has 2 aromatic carbocycles. The highest BCUT2D eigenvalue weighted by atomic mass is 16.3. The predicted molar refractivity (Wildman–Crippen MR) is 142 cm³/mol. The van der Waals surface area contributed by atoms with Gasteiger partial charge in [0, 0.05) is 19.5 Å². The lowest BCUT2D eigenvalue weighted by molar-refractivity contribution is -0.143. The average molecular weight is 504 g/mol. The Bertz CT molecular complexity index is 1100. The smallest absolute Gasteiger partial charge is 0.243 e. The third-order valence-corrected chi connectivity index (χ3v) is 7.71. The zero-order chi connectivity index (χ0) is 26.4. The summed E-state index contributed by atoms with van der Waals surface area (Å²) in [6.07, 6.45) is 6.06. The van der Waals surface area contributed by atoms with Crippen molar-refractivity contribution >= 4 is 17.7 Å². The van der Waals surface area contributed by atoms with Gasteiger partial charge in [-0.3, -0.25) is 14.4 Å². The molecule has 2 aliphatic rings. The summed E-state index contributed by atoms with van der Waals surface area (Å²) in [4.78, 5) is 42.5. The van der Waals surface area contributed by atoms with Gasteiger partial charge in [0.15, 0.2) is 0 Å². The summed E-state index contributed by atoms with van der Waals surface area (Å²) in [5.41, 5.74) is 1.92. The molecule has 6 atom stereocenters. The number of hydrogen-bond donors (Lipinski definition) is 3. The van der Waals surface area contributed by atoms with Gasteiger partial charge in [-0.15, -0.1) is 0 Å². The maximum absolute atomic E-state index is 14.1. The Labute approximate surface area is 218 Å². The Kier molecular flexibility index (Phi) is 8.77. The fourth-order valence-electron chi connectivity index (χ4n) is 6.00. The van der Waals surface area contributed by atoms with Gasteiger partial charge in [-0.1, -0.05) is 86.2 Å². The van der Waals surface area contributed by atoms with Crippen molar-refractivity contribution in [2.45, 2.75) is 44.8 Å². The van der Waals surface area contributed by atoms with E-state index in [9.17, 15) is 19.5 Å². The number of benzene rings is 2. The van der Waals surface area contributed by atoms with Crippen molar-refractivity contribution in [2.24, 2.45) is 23.7 Å². The van der Waals surface area contributed by atoms with Gasteiger partial charge < -0.3 is 20.6 Å². The second kappa shape index (κ2) is 12.2. The minimum absolute atomic E-state index is 0.0789. The van der Waals surface area contributed by atoms with E-state index >= 15 is 0 Å². The number of aliphatic hydroxyl groups excluding tert-OH is 1. The highest BCUT2D eigenvalue weighted by Crippen LogP contribution is 2.46. The van der Waals surface area contributed by atoms with E-state index < -0.39 is 29.8 Å². The Morgan fingerprint density at radius 2 is 1.62 bits per heavy atom. The topological polar surface area (TPSA) is 98.7 Å². The van der Waals surface area contributed by atoms with Crippen LogP contribution in [0.3, 0.4) is 0 Å². The van der Waals surface area contributed by atoms with Gasteiger partial charge in [-0.05, 0) is 29.9 Å². The second-order valence-corrected chi connectivity index (χ2v) is 10.0. The van der Waals surface area contributed by atoms with Crippen molar-refractivity contribution < 1.29 is 19.5 Å². The maximum atomic E-state index is 14.1. The molecule has 1 saturated heterocycles. The molecule has 3 amide bonds. The number of hydrogen-bond acceptors (Lipinski definition) is 4. The largest absolute Gasteiger partial charge is 0.394 e. The van der Waals surface area contributed by atoms with E-state index in [2.05, 4.69) is 17.6 Å². The molecule has 1 fully saturated rings. The molecule has 1 heterocycles. The van der Waals surface area contributed by atoms with Crippen molar-refractivity contribution in [1.82, 2.24) is 15.5 Å². The van der Waals surface area contributed by atoms with E-state index in [1.54, 1.807) is 11.9 Å². The molecule has 7 heteroatoms. The molecule has 3 N–H and O–H groups in total. The number of nitrogens with one attached hydrogen (secondary N) is 2. The molecular weight excluding hydrogens is 466 g/mol. The monoisotopic (exact) mass is 503 g/mol. The van der Waals surface area contributed by atoms with Crippen molar-refractivity contribution in [3.63, 3.8) is 0 Å². The summed E-state index contributed by atoms with van der Waals surface area (Å²) in [5.74, 6) is -2.44. The highest BCUT2D eigenvalue weighted by molar-refractivity contribution is 5.97. The summed E-state index contributed by atoms with van der Waals surface area (Å²) in [5, 5.41) is 16.2. The Morgan fingerprint density at radius 1 is 0.973 bits per heavy atom. The SMILES string of the molecule is CCC[C@@H]1C=C[C@H]2[C@H](C(=O)N([C@@H](CO)Cc3ccccc3)[C@@H]2C(=O)NCc2ccccc2)[C@@H]1C(=O)NC. The van der Waals surface area contributed by atoms with Crippen LogP contribution in [0.4, 0.5) is 0 Å². The van der Waals surface area contributed by atoms with Crippen molar-refractivity contribution in [1.29, 1.82) is 0 Å². The number of likely N-dealkylation sites (tertiary alicyclic amines) is 1. The maximum Gasteiger partial charge on any atom is 0.243 e. The molecule has 196 valence electrons. The molecule has 0 unspecified atom stereocenters. The van der Waals surface area contributed by atoms with Gasteiger partial charge in [-0.25, -0.2) is 0 Å². The minimum Gasteiger partial charge on any atom is -0.394 e. The average Bonchev–Trinajstić information content (AvgIpc) is 3.23. The summed E-state index contributed by atoms with van der Waals surface area (Å²) in [6.45, 7) is 2.11. The molecule has 0 aromatic heterocycles. The van der Waals surface area contributed by atoms with Crippen molar-refractivity contribution in [3.8, 4) is 0 Å². The molecular formula is C30H37N3O4. The normalized spacial score (nSPS) is 25.4. The number of allylic oxidation sites excluding steroid dienone is 1. The molecule has 0 saturated carbocycles. The quantitative estimate of drug-likeness (QED) is 0.434. The lowest BCUT2D eigenvalue weighted by atomic mass is 9.68. The first-order valence-electron chi connectivity index (χ1n) is 13.2. The van der Waals surface area contributed by atoms with Gasteiger partial charge in [0.25, 0.3) is 0 Å². The van der Waals surface area contributed by atoms with E-state index in [1.165, 1.54) is 0 Å². The first kappa shape index (κ1) is 26.6. The molecule has 0 spiro atoms. The van der Waals surface area contributed by atoms with Gasteiger partial charge in [0.05, 0.1) is 24.5 Å². The van der Waals surface area contributed by atoms with Gasteiger partial charge in [0.1, 0.15) is 6.04 Å². The first-order valence-corrected chi connectivity index (χ1v) is 13.2. The van der Waals surface area contributed by atoms with Crippen LogP contribution in [-0.4, -0.2) is 53.5 Å². The van der Waals surface area contributed by atoms with Crippen LogP contribution >= 0.6 is 0 Å². The van der Waals surface area contributed by atoms with Crippen LogP contribution in [0.1, 0.15) is 30.9 Å². The van der Waals surface area contributed by atoms with E-state index in [0.717, 1.165) is 24.0 Å². The zero-order valence-corrected chi connectivity index (χ0v) is 21.5.